The molecule has 0 saturated carbocycles. The molecule has 0 fully saturated rings. The first-order valence-corrected chi connectivity index (χ1v) is 6.60. The van der Waals surface area contributed by atoms with Crippen LogP contribution in [-0.4, -0.2) is 26.7 Å². The molecule has 1 aromatic carbocycles. The standard InChI is InChI=1S/C14H17FN4S/c1-18(8-11-6-17-19(2)9-11)7-10-3-12(14(16)20)5-13(15)4-10/h3-6,9H,7-8H2,1-2H3,(H2,16,20). The van der Waals surface area contributed by atoms with Crippen LogP contribution in [-0.2, 0) is 20.1 Å². The Hall–Kier alpha value is -1.79. The number of nitrogens with zero attached hydrogens (tertiary/aromatic N) is 3. The molecule has 2 N–H and O–H groups in total. The van der Waals surface area contributed by atoms with E-state index in [9.17, 15) is 4.39 Å². The SMILES string of the molecule is CN(Cc1cc(F)cc(C(N)=S)c1)Cc1cnn(C)c1. The van der Waals surface area contributed by atoms with Gasteiger partial charge in [0.2, 0.25) is 0 Å². The minimum atomic E-state index is -0.319. The van der Waals surface area contributed by atoms with Crippen molar-refractivity contribution in [3.8, 4) is 0 Å². The van der Waals surface area contributed by atoms with Crippen LogP contribution in [0.3, 0.4) is 0 Å². The van der Waals surface area contributed by atoms with Crippen LogP contribution < -0.4 is 5.73 Å². The van der Waals surface area contributed by atoms with E-state index in [1.54, 1.807) is 4.68 Å². The smallest absolute Gasteiger partial charge is 0.124 e. The van der Waals surface area contributed by atoms with E-state index in [4.69, 9.17) is 18.0 Å². The first-order valence-electron chi connectivity index (χ1n) is 6.19. The molecule has 0 aliphatic heterocycles. The second-order valence-electron chi connectivity index (χ2n) is 4.91. The second-order valence-corrected chi connectivity index (χ2v) is 5.35. The Morgan fingerprint density at radius 1 is 1.35 bits per heavy atom. The lowest BCUT2D eigenvalue weighted by Gasteiger charge is -2.16. The molecule has 0 atom stereocenters. The highest BCUT2D eigenvalue weighted by atomic mass is 32.1. The van der Waals surface area contributed by atoms with Crippen molar-refractivity contribution in [3.05, 3.63) is 53.1 Å². The summed E-state index contributed by atoms with van der Waals surface area (Å²) in [7, 11) is 3.85. The average molecular weight is 292 g/mol. The van der Waals surface area contributed by atoms with Crippen LogP contribution in [0.5, 0.6) is 0 Å². The molecule has 0 amide bonds. The molecule has 1 aromatic heterocycles. The van der Waals surface area contributed by atoms with Gasteiger partial charge in [-0.05, 0) is 30.8 Å². The molecule has 0 aliphatic carbocycles. The molecule has 6 heteroatoms. The molecule has 1 heterocycles. The summed E-state index contributed by atoms with van der Waals surface area (Å²) in [6.45, 7) is 1.36. The number of benzene rings is 1. The second kappa shape index (κ2) is 6.11. The lowest BCUT2D eigenvalue weighted by Crippen LogP contribution is -2.18. The number of nitrogens with two attached hydrogens (primary N) is 1. The Labute approximate surface area is 123 Å². The molecule has 2 aromatic rings. The summed E-state index contributed by atoms with van der Waals surface area (Å²) in [6, 6.07) is 4.68. The molecule has 0 radical (unpaired) electrons. The Balaban J connectivity index is 2.07. The minimum Gasteiger partial charge on any atom is -0.389 e. The van der Waals surface area contributed by atoms with Gasteiger partial charge in [0.25, 0.3) is 0 Å². The van der Waals surface area contributed by atoms with Gasteiger partial charge in [0.15, 0.2) is 0 Å². The van der Waals surface area contributed by atoms with Gasteiger partial charge in [-0.3, -0.25) is 9.58 Å². The molecule has 106 valence electrons. The Morgan fingerprint density at radius 2 is 2.05 bits per heavy atom. The van der Waals surface area contributed by atoms with Crippen molar-refractivity contribution in [2.24, 2.45) is 12.8 Å². The maximum absolute atomic E-state index is 13.5. The summed E-state index contributed by atoms with van der Waals surface area (Å²) in [5, 5.41) is 4.12. The van der Waals surface area contributed by atoms with Gasteiger partial charge in [-0.1, -0.05) is 12.2 Å². The van der Waals surface area contributed by atoms with Crippen molar-refractivity contribution in [2.45, 2.75) is 13.1 Å². The molecule has 0 spiro atoms. The van der Waals surface area contributed by atoms with Crippen molar-refractivity contribution in [1.82, 2.24) is 14.7 Å². The number of halogens is 1. The number of thiocarbonyl (C=S) groups is 1. The van der Waals surface area contributed by atoms with Crippen molar-refractivity contribution in [3.63, 3.8) is 0 Å². The summed E-state index contributed by atoms with van der Waals surface area (Å²) >= 11 is 4.89. The van der Waals surface area contributed by atoms with E-state index >= 15 is 0 Å². The molecule has 2 rings (SSSR count). The third-order valence-electron chi connectivity index (χ3n) is 2.91. The fourth-order valence-corrected chi connectivity index (χ4v) is 2.23. The van der Waals surface area contributed by atoms with Crippen LogP contribution in [0, 0.1) is 5.82 Å². The lowest BCUT2D eigenvalue weighted by atomic mass is 10.1. The summed E-state index contributed by atoms with van der Waals surface area (Å²) in [5.74, 6) is -0.319. The van der Waals surface area contributed by atoms with Crippen LogP contribution in [0.4, 0.5) is 4.39 Å². The van der Waals surface area contributed by atoms with Crippen molar-refractivity contribution < 1.29 is 4.39 Å². The highest BCUT2D eigenvalue weighted by Crippen LogP contribution is 2.12. The van der Waals surface area contributed by atoms with Crippen LogP contribution >= 0.6 is 12.2 Å². The van der Waals surface area contributed by atoms with Gasteiger partial charge in [-0.2, -0.15) is 5.10 Å². The summed E-state index contributed by atoms with van der Waals surface area (Å²) < 4.78 is 15.3. The maximum atomic E-state index is 13.5. The highest BCUT2D eigenvalue weighted by Gasteiger charge is 2.07. The molecule has 0 bridgehead atoms. The van der Waals surface area contributed by atoms with Gasteiger partial charge in [0.05, 0.1) is 6.20 Å². The number of aryl methyl sites for hydroxylation is 1. The van der Waals surface area contributed by atoms with E-state index in [0.29, 0.717) is 12.1 Å². The summed E-state index contributed by atoms with van der Waals surface area (Å²) in [6.07, 6.45) is 3.78. The molecule has 0 aliphatic rings. The van der Waals surface area contributed by atoms with E-state index in [0.717, 1.165) is 17.7 Å². The number of rotatable bonds is 5. The first kappa shape index (κ1) is 14.6. The third kappa shape index (κ3) is 3.85. The number of hydrogen-bond acceptors (Lipinski definition) is 3. The molecule has 4 nitrogen and oxygen atoms in total. The van der Waals surface area contributed by atoms with Gasteiger partial charge in [-0.15, -0.1) is 0 Å². The first-order chi connectivity index (χ1) is 9.44. The van der Waals surface area contributed by atoms with Gasteiger partial charge in [0, 0.05) is 37.5 Å². The minimum absolute atomic E-state index is 0.209. The van der Waals surface area contributed by atoms with Gasteiger partial charge in [-0.25, -0.2) is 4.39 Å². The van der Waals surface area contributed by atoms with Gasteiger partial charge < -0.3 is 5.73 Å². The summed E-state index contributed by atoms with van der Waals surface area (Å²) in [5.41, 5.74) is 8.07. The van der Waals surface area contributed by atoms with Crippen LogP contribution in [0.2, 0.25) is 0 Å². The van der Waals surface area contributed by atoms with Crippen LogP contribution in [0.25, 0.3) is 0 Å². The largest absolute Gasteiger partial charge is 0.389 e. The van der Waals surface area contributed by atoms with Crippen molar-refractivity contribution >= 4 is 17.2 Å². The average Bonchev–Trinajstić information content (AvgIpc) is 2.73. The maximum Gasteiger partial charge on any atom is 0.124 e. The van der Waals surface area contributed by atoms with Crippen molar-refractivity contribution in [1.29, 1.82) is 0 Å². The fraction of sp³-hybridized carbons (Fsp3) is 0.286. The molecular formula is C14H17FN4S. The van der Waals surface area contributed by atoms with E-state index in [2.05, 4.69) is 10.00 Å². The van der Waals surface area contributed by atoms with E-state index in [-0.39, 0.29) is 10.8 Å². The quantitative estimate of drug-likeness (QED) is 0.854. The number of aromatic nitrogens is 2. The Kier molecular flexibility index (Phi) is 4.46. The Morgan fingerprint density at radius 3 is 2.65 bits per heavy atom. The van der Waals surface area contributed by atoms with Crippen LogP contribution in [0.15, 0.2) is 30.6 Å². The van der Waals surface area contributed by atoms with E-state index in [1.807, 2.05) is 32.6 Å². The Bertz CT molecular complexity index is 623. The zero-order valence-corrected chi connectivity index (χ0v) is 12.3. The van der Waals surface area contributed by atoms with Gasteiger partial charge >= 0.3 is 0 Å². The molecular weight excluding hydrogens is 275 g/mol. The van der Waals surface area contributed by atoms with Crippen LogP contribution in [0.1, 0.15) is 16.7 Å². The molecule has 0 saturated heterocycles. The summed E-state index contributed by atoms with van der Waals surface area (Å²) in [4.78, 5) is 2.29. The lowest BCUT2D eigenvalue weighted by molar-refractivity contribution is 0.318. The van der Waals surface area contributed by atoms with E-state index < -0.39 is 0 Å². The topological polar surface area (TPSA) is 47.1 Å². The molecule has 20 heavy (non-hydrogen) atoms. The zero-order chi connectivity index (χ0) is 14.7. The van der Waals surface area contributed by atoms with E-state index in [1.165, 1.54) is 12.1 Å². The van der Waals surface area contributed by atoms with Crippen molar-refractivity contribution in [2.75, 3.05) is 7.05 Å². The monoisotopic (exact) mass is 292 g/mol. The highest BCUT2D eigenvalue weighted by molar-refractivity contribution is 7.80. The fourth-order valence-electron chi connectivity index (χ4n) is 2.12. The molecule has 0 unspecified atom stereocenters. The zero-order valence-electron chi connectivity index (χ0n) is 11.5. The number of hydrogen-bond donors (Lipinski definition) is 1. The third-order valence-corrected chi connectivity index (χ3v) is 3.14. The van der Waals surface area contributed by atoms with Gasteiger partial charge in [0.1, 0.15) is 10.8 Å². The normalized spacial score (nSPS) is 11.0. The predicted molar refractivity (Wildman–Crippen MR) is 80.7 cm³/mol. The predicted octanol–water partition coefficient (Wildman–Crippen LogP) is 1.83.